The summed E-state index contributed by atoms with van der Waals surface area (Å²) in [5, 5.41) is 10.0. The fraction of sp³-hybridized carbons (Fsp3) is 0.273. The van der Waals surface area contributed by atoms with Gasteiger partial charge in [0.2, 0.25) is 0 Å². The molecule has 6 heteroatoms. The number of hydrogen-bond acceptors (Lipinski definition) is 4. The standard InChI is InChI=1S/C11H14IN5/c12-9-6-8(13)3-4-10(9)14-5-1-2-11-15-7-16-17-11/h3-4,6-7,14H,1-2,5,13H2,(H,15,16,17). The molecule has 1 heterocycles. The van der Waals surface area contributed by atoms with E-state index in [-0.39, 0.29) is 0 Å². The Morgan fingerprint density at radius 1 is 1.41 bits per heavy atom. The molecule has 0 radical (unpaired) electrons. The number of aryl methyl sites for hydroxylation is 1. The van der Waals surface area contributed by atoms with E-state index in [0.29, 0.717) is 0 Å². The molecule has 0 saturated carbocycles. The van der Waals surface area contributed by atoms with Gasteiger partial charge in [-0.3, -0.25) is 5.10 Å². The highest BCUT2D eigenvalue weighted by Crippen LogP contribution is 2.20. The van der Waals surface area contributed by atoms with Crippen LogP contribution in [-0.4, -0.2) is 21.7 Å². The predicted octanol–water partition coefficient (Wildman–Crippen LogP) is 2.04. The highest BCUT2D eigenvalue weighted by Gasteiger charge is 2.00. The molecule has 17 heavy (non-hydrogen) atoms. The third-order valence-corrected chi connectivity index (χ3v) is 3.26. The Morgan fingerprint density at radius 2 is 2.29 bits per heavy atom. The molecule has 0 spiro atoms. The first-order chi connectivity index (χ1) is 8.25. The molecule has 0 aliphatic carbocycles. The molecule has 5 nitrogen and oxygen atoms in total. The first-order valence-corrected chi connectivity index (χ1v) is 6.47. The summed E-state index contributed by atoms with van der Waals surface area (Å²) < 4.78 is 1.14. The summed E-state index contributed by atoms with van der Waals surface area (Å²) >= 11 is 2.28. The van der Waals surface area contributed by atoms with Crippen molar-refractivity contribution in [1.82, 2.24) is 15.2 Å². The van der Waals surface area contributed by atoms with E-state index >= 15 is 0 Å². The number of halogens is 1. The monoisotopic (exact) mass is 343 g/mol. The van der Waals surface area contributed by atoms with Crippen LogP contribution in [0, 0.1) is 3.57 Å². The number of anilines is 2. The third-order valence-electron chi connectivity index (χ3n) is 2.36. The van der Waals surface area contributed by atoms with Crippen LogP contribution in [0.2, 0.25) is 0 Å². The van der Waals surface area contributed by atoms with Gasteiger partial charge in [0.1, 0.15) is 12.2 Å². The Labute approximate surface area is 113 Å². The van der Waals surface area contributed by atoms with E-state index in [1.165, 1.54) is 6.33 Å². The number of aromatic nitrogens is 3. The topological polar surface area (TPSA) is 79.6 Å². The lowest BCUT2D eigenvalue weighted by Gasteiger charge is -2.08. The highest BCUT2D eigenvalue weighted by molar-refractivity contribution is 14.1. The van der Waals surface area contributed by atoms with Gasteiger partial charge in [-0.05, 0) is 47.2 Å². The van der Waals surface area contributed by atoms with Crippen molar-refractivity contribution in [3.05, 3.63) is 33.9 Å². The second-order valence-electron chi connectivity index (χ2n) is 3.70. The minimum Gasteiger partial charge on any atom is -0.399 e. The maximum Gasteiger partial charge on any atom is 0.137 e. The van der Waals surface area contributed by atoms with Crippen LogP contribution in [0.1, 0.15) is 12.2 Å². The Morgan fingerprint density at radius 3 is 3.00 bits per heavy atom. The number of rotatable bonds is 5. The van der Waals surface area contributed by atoms with Crippen molar-refractivity contribution in [2.75, 3.05) is 17.6 Å². The largest absolute Gasteiger partial charge is 0.399 e. The predicted molar refractivity (Wildman–Crippen MR) is 76.8 cm³/mol. The zero-order valence-corrected chi connectivity index (χ0v) is 11.4. The van der Waals surface area contributed by atoms with E-state index in [1.54, 1.807) is 0 Å². The summed E-state index contributed by atoms with van der Waals surface area (Å²) in [6.07, 6.45) is 3.44. The first-order valence-electron chi connectivity index (χ1n) is 5.39. The minimum atomic E-state index is 0.793. The Balaban J connectivity index is 1.78. The third kappa shape index (κ3) is 3.58. The van der Waals surface area contributed by atoms with Gasteiger partial charge in [-0.1, -0.05) is 0 Å². The molecule has 1 aromatic heterocycles. The first kappa shape index (κ1) is 12.2. The SMILES string of the molecule is Nc1ccc(NCCCc2ncn[nH]2)c(I)c1. The van der Waals surface area contributed by atoms with Crippen molar-refractivity contribution in [2.45, 2.75) is 12.8 Å². The van der Waals surface area contributed by atoms with E-state index in [2.05, 4.69) is 43.1 Å². The molecule has 90 valence electrons. The van der Waals surface area contributed by atoms with Gasteiger partial charge in [-0.2, -0.15) is 5.10 Å². The molecule has 2 rings (SSSR count). The molecule has 0 aliphatic rings. The number of nitrogens with zero attached hydrogens (tertiary/aromatic N) is 2. The van der Waals surface area contributed by atoms with Gasteiger partial charge in [-0.25, -0.2) is 4.98 Å². The number of H-pyrrole nitrogens is 1. The summed E-state index contributed by atoms with van der Waals surface area (Å²) in [5.41, 5.74) is 7.61. The maximum absolute atomic E-state index is 5.69. The second kappa shape index (κ2) is 5.85. The molecular weight excluding hydrogens is 329 g/mol. The molecule has 0 bridgehead atoms. The molecule has 0 aliphatic heterocycles. The summed E-state index contributed by atoms with van der Waals surface area (Å²) in [5.74, 6) is 0.929. The van der Waals surface area contributed by atoms with Gasteiger partial charge in [0, 0.05) is 27.9 Å². The van der Waals surface area contributed by atoms with Crippen LogP contribution in [0.3, 0.4) is 0 Å². The van der Waals surface area contributed by atoms with Crippen molar-refractivity contribution in [3.63, 3.8) is 0 Å². The molecule has 0 atom stereocenters. The highest BCUT2D eigenvalue weighted by atomic mass is 127. The van der Waals surface area contributed by atoms with E-state index < -0.39 is 0 Å². The second-order valence-corrected chi connectivity index (χ2v) is 4.86. The van der Waals surface area contributed by atoms with Crippen LogP contribution in [0.25, 0.3) is 0 Å². The van der Waals surface area contributed by atoms with Gasteiger partial charge >= 0.3 is 0 Å². The van der Waals surface area contributed by atoms with E-state index in [1.807, 2.05) is 18.2 Å². The quantitative estimate of drug-likeness (QED) is 0.441. The smallest absolute Gasteiger partial charge is 0.137 e. The van der Waals surface area contributed by atoms with Gasteiger partial charge in [0.15, 0.2) is 0 Å². The number of benzene rings is 1. The Kier molecular flexibility index (Phi) is 4.18. The molecule has 0 amide bonds. The Bertz CT molecular complexity index is 469. The number of nitrogens with one attached hydrogen (secondary N) is 2. The van der Waals surface area contributed by atoms with Crippen molar-refractivity contribution >= 4 is 34.0 Å². The van der Waals surface area contributed by atoms with Crippen LogP contribution >= 0.6 is 22.6 Å². The summed E-state index contributed by atoms with van der Waals surface area (Å²) in [7, 11) is 0. The molecule has 0 unspecified atom stereocenters. The van der Waals surface area contributed by atoms with Gasteiger partial charge in [-0.15, -0.1) is 0 Å². The van der Waals surface area contributed by atoms with Crippen LogP contribution in [-0.2, 0) is 6.42 Å². The lowest BCUT2D eigenvalue weighted by molar-refractivity contribution is 0.805. The molecular formula is C11H14IN5. The zero-order valence-electron chi connectivity index (χ0n) is 9.28. The lowest BCUT2D eigenvalue weighted by Crippen LogP contribution is -2.05. The van der Waals surface area contributed by atoms with Crippen LogP contribution < -0.4 is 11.1 Å². The van der Waals surface area contributed by atoms with Gasteiger partial charge in [0.25, 0.3) is 0 Å². The van der Waals surface area contributed by atoms with E-state index in [0.717, 1.165) is 40.2 Å². The lowest BCUT2D eigenvalue weighted by atomic mass is 10.2. The molecule has 4 N–H and O–H groups in total. The summed E-state index contributed by atoms with van der Waals surface area (Å²) in [4.78, 5) is 4.08. The molecule has 0 fully saturated rings. The maximum atomic E-state index is 5.69. The number of nitrogens with two attached hydrogens (primary N) is 1. The number of nitrogen functional groups attached to an aromatic ring is 1. The van der Waals surface area contributed by atoms with Crippen molar-refractivity contribution in [3.8, 4) is 0 Å². The summed E-state index contributed by atoms with van der Waals surface area (Å²) in [6, 6.07) is 5.87. The van der Waals surface area contributed by atoms with Crippen LogP contribution in [0.15, 0.2) is 24.5 Å². The van der Waals surface area contributed by atoms with Crippen molar-refractivity contribution in [1.29, 1.82) is 0 Å². The fourth-order valence-corrected chi connectivity index (χ4v) is 2.23. The number of hydrogen-bond donors (Lipinski definition) is 3. The Hall–Kier alpha value is -1.31. The zero-order chi connectivity index (χ0) is 12.1. The van der Waals surface area contributed by atoms with Gasteiger partial charge < -0.3 is 11.1 Å². The minimum absolute atomic E-state index is 0.793. The average molecular weight is 343 g/mol. The number of aromatic amines is 1. The van der Waals surface area contributed by atoms with Crippen molar-refractivity contribution < 1.29 is 0 Å². The summed E-state index contributed by atoms with van der Waals surface area (Å²) in [6.45, 7) is 0.903. The normalized spacial score (nSPS) is 10.4. The van der Waals surface area contributed by atoms with Crippen LogP contribution in [0.4, 0.5) is 11.4 Å². The van der Waals surface area contributed by atoms with Crippen molar-refractivity contribution in [2.24, 2.45) is 0 Å². The van der Waals surface area contributed by atoms with Gasteiger partial charge in [0.05, 0.1) is 0 Å². The molecule has 2 aromatic rings. The van der Waals surface area contributed by atoms with E-state index in [4.69, 9.17) is 5.73 Å². The van der Waals surface area contributed by atoms with E-state index in [9.17, 15) is 0 Å². The fourth-order valence-electron chi connectivity index (χ4n) is 1.50. The molecule has 0 saturated heterocycles. The average Bonchev–Trinajstić information content (AvgIpc) is 2.79. The molecule has 1 aromatic carbocycles. The van der Waals surface area contributed by atoms with Crippen LogP contribution in [0.5, 0.6) is 0 Å².